The molecule has 1 fully saturated rings. The highest BCUT2D eigenvalue weighted by atomic mass is 79.9. The molecule has 0 aromatic carbocycles. The summed E-state index contributed by atoms with van der Waals surface area (Å²) in [6, 6.07) is 0. The number of alkyl halides is 1. The van der Waals surface area contributed by atoms with Crippen LogP contribution in [0.25, 0.3) is 0 Å². The van der Waals surface area contributed by atoms with Crippen LogP contribution in [0.1, 0.15) is 12.8 Å². The molecule has 0 N–H and O–H groups in total. The zero-order valence-corrected chi connectivity index (χ0v) is 9.00. The molecule has 3 heteroatoms. The first kappa shape index (κ1) is 9.25. The summed E-state index contributed by atoms with van der Waals surface area (Å²) in [5, 5.41) is 0.309. The predicted octanol–water partition coefficient (Wildman–Crippen LogP) is 2.14. The second kappa shape index (κ2) is 3.82. The minimum Gasteiger partial charge on any atom is -0.465 e. The number of esters is 1. The van der Waals surface area contributed by atoms with E-state index in [9.17, 15) is 4.79 Å². The normalized spacial score (nSPS) is 35.3. The Bertz CT molecular complexity index is 237. The van der Waals surface area contributed by atoms with Crippen LogP contribution < -0.4 is 0 Å². The summed E-state index contributed by atoms with van der Waals surface area (Å²) >= 11 is 3.08. The highest BCUT2D eigenvalue weighted by Gasteiger charge is 2.35. The van der Waals surface area contributed by atoms with Gasteiger partial charge in [-0.15, -0.1) is 0 Å². The van der Waals surface area contributed by atoms with Crippen LogP contribution in [0.5, 0.6) is 0 Å². The second-order valence-electron chi connectivity index (χ2n) is 3.86. The molecule has 1 saturated carbocycles. The highest BCUT2D eigenvalue weighted by molar-refractivity contribution is 9.09. The summed E-state index contributed by atoms with van der Waals surface area (Å²) in [5.74, 6) is 1.87. The van der Waals surface area contributed by atoms with Crippen LogP contribution in [0.4, 0.5) is 0 Å². The number of allylic oxidation sites excluding steroid dienone is 2. The Kier molecular flexibility index (Phi) is 2.72. The summed E-state index contributed by atoms with van der Waals surface area (Å²) in [6.07, 6.45) is 7.06. The first-order valence-electron chi connectivity index (χ1n) is 4.69. The van der Waals surface area contributed by atoms with Gasteiger partial charge in [-0.05, 0) is 30.6 Å². The van der Waals surface area contributed by atoms with Crippen molar-refractivity contribution in [2.75, 3.05) is 11.9 Å². The molecule has 2 bridgehead atoms. The summed E-state index contributed by atoms with van der Waals surface area (Å²) < 4.78 is 5.11. The first-order valence-corrected chi connectivity index (χ1v) is 5.81. The van der Waals surface area contributed by atoms with Gasteiger partial charge < -0.3 is 4.74 Å². The molecular formula is C10H13BrO2. The molecule has 2 rings (SSSR count). The maximum absolute atomic E-state index is 10.9. The fraction of sp³-hybridized carbons (Fsp3) is 0.700. The van der Waals surface area contributed by atoms with Crippen molar-refractivity contribution in [1.29, 1.82) is 0 Å². The standard InChI is InChI=1S/C10H13BrO2/c11-5-10(12)13-6-9-4-7-1-2-8(9)3-7/h1-2,7-9H,3-6H2. The van der Waals surface area contributed by atoms with Gasteiger partial charge in [0.15, 0.2) is 0 Å². The number of halogens is 1. The van der Waals surface area contributed by atoms with Crippen LogP contribution in [0.15, 0.2) is 12.2 Å². The number of ether oxygens (including phenoxy) is 1. The predicted molar refractivity (Wildman–Crippen MR) is 53.6 cm³/mol. The monoisotopic (exact) mass is 244 g/mol. The van der Waals surface area contributed by atoms with E-state index in [-0.39, 0.29) is 5.97 Å². The molecule has 0 saturated heterocycles. The zero-order chi connectivity index (χ0) is 9.26. The van der Waals surface area contributed by atoms with Gasteiger partial charge in [0.05, 0.1) is 6.61 Å². The van der Waals surface area contributed by atoms with Gasteiger partial charge in [0, 0.05) is 0 Å². The van der Waals surface area contributed by atoms with Gasteiger partial charge in [0.25, 0.3) is 0 Å². The smallest absolute Gasteiger partial charge is 0.316 e. The van der Waals surface area contributed by atoms with Gasteiger partial charge >= 0.3 is 5.97 Å². The number of fused-ring (bicyclic) bond motifs is 2. The number of hydrogen-bond donors (Lipinski definition) is 0. The molecule has 0 radical (unpaired) electrons. The van der Waals surface area contributed by atoms with E-state index in [1.807, 2.05) is 0 Å². The molecule has 2 nitrogen and oxygen atoms in total. The third kappa shape index (κ3) is 1.96. The van der Waals surface area contributed by atoms with Crippen molar-refractivity contribution in [1.82, 2.24) is 0 Å². The number of rotatable bonds is 3. The Morgan fingerprint density at radius 3 is 2.85 bits per heavy atom. The van der Waals surface area contributed by atoms with Crippen LogP contribution >= 0.6 is 15.9 Å². The average Bonchev–Trinajstić information content (AvgIpc) is 2.74. The molecule has 2 aliphatic rings. The van der Waals surface area contributed by atoms with E-state index in [2.05, 4.69) is 28.1 Å². The molecule has 2 aliphatic carbocycles. The van der Waals surface area contributed by atoms with E-state index in [4.69, 9.17) is 4.74 Å². The van der Waals surface area contributed by atoms with Crippen LogP contribution in [0, 0.1) is 17.8 Å². The quantitative estimate of drug-likeness (QED) is 0.432. The molecule has 3 atom stereocenters. The lowest BCUT2D eigenvalue weighted by Crippen LogP contribution is -2.18. The summed E-state index contributed by atoms with van der Waals surface area (Å²) in [4.78, 5) is 10.9. The average molecular weight is 245 g/mol. The fourth-order valence-corrected chi connectivity index (χ4v) is 2.49. The number of carbonyl (C=O) groups is 1. The van der Waals surface area contributed by atoms with Crippen molar-refractivity contribution < 1.29 is 9.53 Å². The van der Waals surface area contributed by atoms with E-state index in [0.29, 0.717) is 23.8 Å². The van der Waals surface area contributed by atoms with Crippen molar-refractivity contribution in [2.45, 2.75) is 12.8 Å². The third-order valence-electron chi connectivity index (χ3n) is 2.98. The zero-order valence-electron chi connectivity index (χ0n) is 7.41. The van der Waals surface area contributed by atoms with Crippen molar-refractivity contribution in [3.05, 3.63) is 12.2 Å². The minimum atomic E-state index is -0.147. The van der Waals surface area contributed by atoms with Crippen molar-refractivity contribution in [2.24, 2.45) is 17.8 Å². The molecule has 0 spiro atoms. The highest BCUT2D eigenvalue weighted by Crippen LogP contribution is 2.43. The molecule has 0 aromatic heterocycles. The molecule has 0 heterocycles. The Hall–Kier alpha value is -0.310. The van der Waals surface area contributed by atoms with Crippen molar-refractivity contribution >= 4 is 21.9 Å². The van der Waals surface area contributed by atoms with E-state index >= 15 is 0 Å². The first-order chi connectivity index (χ1) is 6.29. The van der Waals surface area contributed by atoms with Gasteiger partial charge in [-0.25, -0.2) is 0 Å². The molecule has 3 unspecified atom stereocenters. The Balaban J connectivity index is 1.78. The lowest BCUT2D eigenvalue weighted by molar-refractivity contribution is -0.141. The van der Waals surface area contributed by atoms with E-state index in [1.165, 1.54) is 12.8 Å². The Morgan fingerprint density at radius 2 is 2.31 bits per heavy atom. The number of hydrogen-bond acceptors (Lipinski definition) is 2. The molecule has 13 heavy (non-hydrogen) atoms. The van der Waals surface area contributed by atoms with Crippen molar-refractivity contribution in [3.63, 3.8) is 0 Å². The molecule has 0 aromatic rings. The van der Waals surface area contributed by atoms with E-state index < -0.39 is 0 Å². The Morgan fingerprint density at radius 1 is 1.46 bits per heavy atom. The third-order valence-corrected chi connectivity index (χ3v) is 3.44. The van der Waals surface area contributed by atoms with E-state index in [0.717, 1.165) is 5.92 Å². The SMILES string of the molecule is O=C(CBr)OCC1CC2C=CC1C2. The number of carbonyl (C=O) groups excluding carboxylic acids is 1. The van der Waals surface area contributed by atoms with Crippen LogP contribution in [0.3, 0.4) is 0 Å². The van der Waals surface area contributed by atoms with Gasteiger partial charge in [0.2, 0.25) is 0 Å². The summed E-state index contributed by atoms with van der Waals surface area (Å²) in [5.41, 5.74) is 0. The summed E-state index contributed by atoms with van der Waals surface area (Å²) in [6.45, 7) is 0.607. The second-order valence-corrected chi connectivity index (χ2v) is 4.42. The lowest BCUT2D eigenvalue weighted by atomic mass is 9.95. The van der Waals surface area contributed by atoms with Gasteiger partial charge in [-0.1, -0.05) is 28.1 Å². The maximum atomic E-state index is 10.9. The van der Waals surface area contributed by atoms with Crippen LogP contribution in [-0.2, 0) is 9.53 Å². The van der Waals surface area contributed by atoms with E-state index in [1.54, 1.807) is 0 Å². The Labute approximate surface area is 86.5 Å². The minimum absolute atomic E-state index is 0.147. The molecule has 72 valence electrons. The molecular weight excluding hydrogens is 232 g/mol. The van der Waals surface area contributed by atoms with Crippen molar-refractivity contribution in [3.8, 4) is 0 Å². The van der Waals surface area contributed by atoms with Crippen LogP contribution in [-0.4, -0.2) is 17.9 Å². The maximum Gasteiger partial charge on any atom is 0.316 e. The summed E-state index contributed by atoms with van der Waals surface area (Å²) in [7, 11) is 0. The van der Waals surface area contributed by atoms with Gasteiger partial charge in [-0.3, -0.25) is 4.79 Å². The topological polar surface area (TPSA) is 26.3 Å². The van der Waals surface area contributed by atoms with Gasteiger partial charge in [0.1, 0.15) is 5.33 Å². The lowest BCUT2D eigenvalue weighted by Gasteiger charge is -2.17. The fourth-order valence-electron chi connectivity index (χ4n) is 2.32. The van der Waals surface area contributed by atoms with Gasteiger partial charge in [-0.2, -0.15) is 0 Å². The van der Waals surface area contributed by atoms with Crippen LogP contribution in [0.2, 0.25) is 0 Å². The molecule has 0 amide bonds. The largest absolute Gasteiger partial charge is 0.465 e. The molecule has 0 aliphatic heterocycles.